The molecule has 1 fully saturated rings. The number of hydrogen-bond acceptors (Lipinski definition) is 4. The number of fused-ring (bicyclic) bond motifs is 2. The average Bonchev–Trinajstić information content (AvgIpc) is 3.44. The Labute approximate surface area is 172 Å². The molecule has 4 aromatic rings. The maximum atomic E-state index is 13.2. The number of aromatic nitrogens is 3. The number of nitrogens with one attached hydrogen (secondary N) is 2. The normalized spacial score (nSPS) is 21.7. The number of anilines is 1. The molecule has 3 atom stereocenters. The highest BCUT2D eigenvalue weighted by Gasteiger charge is 2.52. The molecule has 152 valence electrons. The second-order valence-corrected chi connectivity index (χ2v) is 7.73. The number of rotatable bonds is 5. The van der Waals surface area contributed by atoms with Crippen LogP contribution in [0.5, 0.6) is 0 Å². The van der Waals surface area contributed by atoms with Gasteiger partial charge in [-0.3, -0.25) is 9.59 Å². The third-order valence-corrected chi connectivity index (χ3v) is 5.94. The van der Waals surface area contributed by atoms with E-state index in [-0.39, 0.29) is 5.78 Å². The predicted octanol–water partition coefficient (Wildman–Crippen LogP) is 3.48. The number of Topliss-reactive ketones (excluding diaryl/α,β-unsaturated/α-hetero) is 1. The fourth-order valence-corrected chi connectivity index (χ4v) is 4.56. The standard InChI is InChI=1S/C23H22N4O3/c1-2-5-19(28)20-21(15-11-24-16-7-4-3-6-14(15)16)27(23(30)22(20)29)13-8-9-17-18(10-13)26-12-25-17/h3-4,6-12,20-22,24,29H,2,5H2,1H3,(H,25,26). The Morgan fingerprint density at radius 2 is 2.00 bits per heavy atom. The van der Waals surface area contributed by atoms with Crippen LogP contribution >= 0.6 is 0 Å². The van der Waals surface area contributed by atoms with Crippen LogP contribution in [0.15, 0.2) is 55.0 Å². The quantitative estimate of drug-likeness (QED) is 0.476. The molecule has 0 spiro atoms. The van der Waals surface area contributed by atoms with Gasteiger partial charge in [0.15, 0.2) is 0 Å². The number of aromatic amines is 2. The van der Waals surface area contributed by atoms with E-state index in [0.717, 1.165) is 27.5 Å². The van der Waals surface area contributed by atoms with Crippen molar-refractivity contribution in [2.75, 3.05) is 4.90 Å². The molecule has 5 rings (SSSR count). The lowest BCUT2D eigenvalue weighted by molar-refractivity contribution is -0.132. The molecular formula is C23H22N4O3. The molecule has 3 unspecified atom stereocenters. The van der Waals surface area contributed by atoms with E-state index in [9.17, 15) is 14.7 Å². The number of H-pyrrole nitrogens is 2. The summed E-state index contributed by atoms with van der Waals surface area (Å²) in [5.74, 6) is -1.38. The van der Waals surface area contributed by atoms with Crippen molar-refractivity contribution in [2.24, 2.45) is 5.92 Å². The minimum Gasteiger partial charge on any atom is -0.382 e. The van der Waals surface area contributed by atoms with E-state index in [0.29, 0.717) is 18.5 Å². The zero-order valence-corrected chi connectivity index (χ0v) is 16.5. The van der Waals surface area contributed by atoms with Crippen LogP contribution in [0.2, 0.25) is 0 Å². The maximum absolute atomic E-state index is 13.2. The number of hydrogen-bond donors (Lipinski definition) is 3. The maximum Gasteiger partial charge on any atom is 0.257 e. The van der Waals surface area contributed by atoms with Gasteiger partial charge in [0.25, 0.3) is 5.91 Å². The summed E-state index contributed by atoms with van der Waals surface area (Å²) in [4.78, 5) is 38.3. The van der Waals surface area contributed by atoms with Crippen LogP contribution in [-0.4, -0.2) is 37.9 Å². The van der Waals surface area contributed by atoms with Crippen molar-refractivity contribution in [3.05, 3.63) is 60.6 Å². The van der Waals surface area contributed by atoms with Gasteiger partial charge in [0, 0.05) is 34.8 Å². The molecule has 2 aromatic heterocycles. The second-order valence-electron chi connectivity index (χ2n) is 7.73. The Morgan fingerprint density at radius 3 is 2.83 bits per heavy atom. The lowest BCUT2D eigenvalue weighted by atomic mass is 9.86. The molecule has 7 nitrogen and oxygen atoms in total. The van der Waals surface area contributed by atoms with Crippen molar-refractivity contribution in [2.45, 2.75) is 31.9 Å². The van der Waals surface area contributed by atoms with Gasteiger partial charge in [-0.05, 0) is 30.7 Å². The van der Waals surface area contributed by atoms with Gasteiger partial charge in [-0.25, -0.2) is 4.98 Å². The first-order valence-electron chi connectivity index (χ1n) is 10.1. The van der Waals surface area contributed by atoms with E-state index >= 15 is 0 Å². The van der Waals surface area contributed by atoms with Crippen molar-refractivity contribution in [1.29, 1.82) is 0 Å². The van der Waals surface area contributed by atoms with Gasteiger partial charge in [-0.1, -0.05) is 25.1 Å². The van der Waals surface area contributed by atoms with E-state index in [2.05, 4.69) is 15.0 Å². The van der Waals surface area contributed by atoms with Gasteiger partial charge in [-0.2, -0.15) is 0 Å². The van der Waals surface area contributed by atoms with Gasteiger partial charge in [0.1, 0.15) is 11.9 Å². The number of nitrogens with zero attached hydrogens (tertiary/aromatic N) is 2. The number of amides is 1. The van der Waals surface area contributed by atoms with Crippen LogP contribution < -0.4 is 4.90 Å². The van der Waals surface area contributed by atoms with Gasteiger partial charge in [-0.15, -0.1) is 0 Å². The topological polar surface area (TPSA) is 102 Å². The summed E-state index contributed by atoms with van der Waals surface area (Å²) in [6, 6.07) is 12.7. The van der Waals surface area contributed by atoms with Gasteiger partial charge in [0.05, 0.1) is 29.3 Å². The Hall–Kier alpha value is -3.45. The van der Waals surface area contributed by atoms with E-state index in [1.165, 1.54) is 0 Å². The molecule has 3 heterocycles. The first kappa shape index (κ1) is 18.6. The first-order valence-corrected chi connectivity index (χ1v) is 10.1. The number of carbonyl (C=O) groups is 2. The molecular weight excluding hydrogens is 380 g/mol. The Morgan fingerprint density at radius 1 is 1.17 bits per heavy atom. The predicted molar refractivity (Wildman–Crippen MR) is 114 cm³/mol. The summed E-state index contributed by atoms with van der Waals surface area (Å²) >= 11 is 0. The number of carbonyl (C=O) groups excluding carboxylic acids is 2. The Balaban J connectivity index is 1.70. The third kappa shape index (κ3) is 2.74. The average molecular weight is 402 g/mol. The van der Waals surface area contributed by atoms with Crippen molar-refractivity contribution in [1.82, 2.24) is 15.0 Å². The van der Waals surface area contributed by atoms with Gasteiger partial charge in [0.2, 0.25) is 0 Å². The number of aliphatic hydroxyl groups excluding tert-OH is 1. The highest BCUT2D eigenvalue weighted by Crippen LogP contribution is 2.45. The van der Waals surface area contributed by atoms with E-state index in [4.69, 9.17) is 0 Å². The van der Waals surface area contributed by atoms with Crippen molar-refractivity contribution in [3.63, 3.8) is 0 Å². The monoisotopic (exact) mass is 402 g/mol. The molecule has 0 saturated carbocycles. The van der Waals surface area contributed by atoms with Gasteiger partial charge < -0.3 is 20.0 Å². The summed E-state index contributed by atoms with van der Waals surface area (Å²) in [7, 11) is 0. The largest absolute Gasteiger partial charge is 0.382 e. The number of para-hydroxylation sites is 1. The first-order chi connectivity index (χ1) is 14.6. The summed E-state index contributed by atoms with van der Waals surface area (Å²) in [6.45, 7) is 1.92. The van der Waals surface area contributed by atoms with E-state index in [1.54, 1.807) is 11.2 Å². The lowest BCUT2D eigenvalue weighted by Gasteiger charge is -2.27. The molecule has 3 N–H and O–H groups in total. The highest BCUT2D eigenvalue weighted by atomic mass is 16.3. The molecule has 0 bridgehead atoms. The van der Waals surface area contributed by atoms with Crippen LogP contribution in [0, 0.1) is 5.92 Å². The Bertz CT molecular complexity index is 1260. The summed E-state index contributed by atoms with van der Waals surface area (Å²) in [6.07, 6.45) is 3.05. The van der Waals surface area contributed by atoms with Crippen LogP contribution in [0.4, 0.5) is 5.69 Å². The number of aliphatic hydroxyl groups is 1. The van der Waals surface area contributed by atoms with Crippen molar-refractivity contribution >= 4 is 39.3 Å². The second kappa shape index (κ2) is 7.11. The number of imidazole rings is 1. The van der Waals surface area contributed by atoms with Crippen molar-refractivity contribution in [3.8, 4) is 0 Å². The lowest BCUT2D eigenvalue weighted by Crippen LogP contribution is -2.30. The fourth-order valence-electron chi connectivity index (χ4n) is 4.56. The molecule has 1 aliphatic rings. The molecule has 0 aliphatic carbocycles. The SMILES string of the molecule is CCCC(=O)C1C(O)C(=O)N(c2ccc3nc[nH]c3c2)C1c1c[nH]c2ccccc12. The number of benzene rings is 2. The van der Waals surface area contributed by atoms with Gasteiger partial charge >= 0.3 is 0 Å². The Kier molecular flexibility index (Phi) is 4.40. The highest BCUT2D eigenvalue weighted by molar-refractivity contribution is 6.06. The third-order valence-electron chi connectivity index (χ3n) is 5.94. The molecule has 1 saturated heterocycles. The molecule has 7 heteroatoms. The van der Waals surface area contributed by atoms with Crippen LogP contribution in [0.1, 0.15) is 31.4 Å². The fraction of sp³-hybridized carbons (Fsp3) is 0.261. The van der Waals surface area contributed by atoms with Crippen LogP contribution in [0.3, 0.4) is 0 Å². The van der Waals surface area contributed by atoms with Crippen LogP contribution in [0.25, 0.3) is 21.9 Å². The minimum absolute atomic E-state index is 0.0984. The zero-order valence-electron chi connectivity index (χ0n) is 16.5. The summed E-state index contributed by atoms with van der Waals surface area (Å²) in [5.41, 5.74) is 3.95. The van der Waals surface area contributed by atoms with E-state index < -0.39 is 24.0 Å². The molecule has 1 aliphatic heterocycles. The zero-order chi connectivity index (χ0) is 20.8. The summed E-state index contributed by atoms with van der Waals surface area (Å²) < 4.78 is 0. The molecule has 2 aromatic carbocycles. The molecule has 30 heavy (non-hydrogen) atoms. The minimum atomic E-state index is -1.37. The molecule has 1 amide bonds. The summed E-state index contributed by atoms with van der Waals surface area (Å²) in [5, 5.41) is 11.8. The van der Waals surface area contributed by atoms with Crippen LogP contribution in [-0.2, 0) is 9.59 Å². The molecule has 0 radical (unpaired) electrons. The number of ketones is 1. The van der Waals surface area contributed by atoms with E-state index in [1.807, 2.05) is 55.6 Å². The van der Waals surface area contributed by atoms with Crippen molar-refractivity contribution < 1.29 is 14.7 Å². The smallest absolute Gasteiger partial charge is 0.257 e.